The van der Waals surface area contributed by atoms with Crippen molar-refractivity contribution in [2.24, 2.45) is 0 Å². The Hall–Kier alpha value is -5.33. The Morgan fingerprint density at radius 3 is 2.34 bits per heavy atom. The topological polar surface area (TPSA) is 124 Å². The lowest BCUT2D eigenvalue weighted by molar-refractivity contribution is 0.575. The van der Waals surface area contributed by atoms with Crippen molar-refractivity contribution in [1.29, 1.82) is 0 Å². The number of aromatic nitrogens is 9. The zero-order valence-electron chi connectivity index (χ0n) is 21.0. The molecule has 1 N–H and O–H groups in total. The van der Waals surface area contributed by atoms with E-state index in [1.165, 1.54) is 11.3 Å². The van der Waals surface area contributed by atoms with Gasteiger partial charge < -0.3 is 9.40 Å². The monoisotopic (exact) mass is 571 g/mol. The molecule has 0 saturated heterocycles. The van der Waals surface area contributed by atoms with Gasteiger partial charge in [-0.05, 0) is 35.7 Å². The van der Waals surface area contributed by atoms with Crippen LogP contribution in [0.15, 0.2) is 101 Å². The number of rotatable bonds is 6. The molecule has 1 aromatic carbocycles. The second-order valence-corrected chi connectivity index (χ2v) is 10.6. The number of imidazole rings is 2. The maximum absolute atomic E-state index is 6.02. The lowest BCUT2D eigenvalue weighted by Gasteiger charge is -2.18. The summed E-state index contributed by atoms with van der Waals surface area (Å²) in [6, 6.07) is 11.7. The lowest BCUT2D eigenvalue weighted by Crippen LogP contribution is -2.02. The molecule has 41 heavy (non-hydrogen) atoms. The van der Waals surface area contributed by atoms with Crippen molar-refractivity contribution in [3.05, 3.63) is 96.8 Å². The van der Waals surface area contributed by atoms with Crippen molar-refractivity contribution in [2.75, 3.05) is 0 Å². The Morgan fingerprint density at radius 1 is 0.707 bits per heavy atom. The van der Waals surface area contributed by atoms with Gasteiger partial charge in [0.1, 0.15) is 27.6 Å². The molecule has 196 valence electrons. The molecule has 0 fully saturated rings. The van der Waals surface area contributed by atoms with Gasteiger partial charge in [0.15, 0.2) is 11.6 Å². The molecule has 0 aliphatic heterocycles. The average Bonchev–Trinajstić information content (AvgIpc) is 3.87. The number of thiazole rings is 1. The number of pyridine rings is 1. The fourth-order valence-corrected chi connectivity index (χ4v) is 6.43. The molecular weight excluding hydrogens is 555 g/mol. The summed E-state index contributed by atoms with van der Waals surface area (Å²) in [5, 5.41) is 5.69. The average molecular weight is 572 g/mol. The van der Waals surface area contributed by atoms with Crippen molar-refractivity contribution in [2.45, 2.75) is 0 Å². The highest BCUT2D eigenvalue weighted by atomic mass is 32.1. The third-order valence-corrected chi connectivity index (χ3v) is 8.19. The van der Waals surface area contributed by atoms with Crippen LogP contribution in [0.3, 0.4) is 0 Å². The molecule has 0 amide bonds. The van der Waals surface area contributed by atoms with E-state index in [1.807, 2.05) is 41.1 Å². The molecule has 10 nitrogen and oxygen atoms in total. The van der Waals surface area contributed by atoms with Crippen molar-refractivity contribution >= 4 is 33.7 Å². The van der Waals surface area contributed by atoms with Crippen LogP contribution in [0.5, 0.6) is 0 Å². The third kappa shape index (κ3) is 3.80. The molecule has 7 aromatic heterocycles. The summed E-state index contributed by atoms with van der Waals surface area (Å²) < 4.78 is 8.10. The van der Waals surface area contributed by atoms with Crippen LogP contribution in [0.4, 0.5) is 0 Å². The lowest BCUT2D eigenvalue weighted by atomic mass is 9.91. The van der Waals surface area contributed by atoms with Crippen LogP contribution in [-0.2, 0) is 0 Å². The van der Waals surface area contributed by atoms with E-state index in [2.05, 4.69) is 24.5 Å². The Morgan fingerprint density at radius 2 is 1.63 bits per heavy atom. The number of fused-ring (bicyclic) bond motifs is 1. The van der Waals surface area contributed by atoms with E-state index in [1.54, 1.807) is 67.0 Å². The summed E-state index contributed by atoms with van der Waals surface area (Å²) in [5.74, 6) is 2.14. The van der Waals surface area contributed by atoms with Gasteiger partial charge in [0.05, 0.1) is 23.0 Å². The van der Waals surface area contributed by atoms with Crippen LogP contribution in [0.25, 0.3) is 72.4 Å². The van der Waals surface area contributed by atoms with E-state index in [0.717, 1.165) is 43.5 Å². The quantitative estimate of drug-likeness (QED) is 0.232. The van der Waals surface area contributed by atoms with Crippen LogP contribution in [0.1, 0.15) is 0 Å². The molecular formula is C29H17N9OS2. The van der Waals surface area contributed by atoms with Crippen molar-refractivity contribution in [3.63, 3.8) is 0 Å². The molecule has 0 saturated carbocycles. The van der Waals surface area contributed by atoms with E-state index < -0.39 is 0 Å². The molecule has 0 aliphatic rings. The molecule has 12 heteroatoms. The number of hydrogen-bond donors (Lipinski definition) is 1. The van der Waals surface area contributed by atoms with Crippen LogP contribution in [0.2, 0.25) is 0 Å². The van der Waals surface area contributed by atoms with Gasteiger partial charge >= 0.3 is 0 Å². The van der Waals surface area contributed by atoms with E-state index in [0.29, 0.717) is 28.9 Å². The number of benzene rings is 1. The molecule has 8 aromatic rings. The third-order valence-electron chi connectivity index (χ3n) is 6.54. The zero-order valence-corrected chi connectivity index (χ0v) is 22.7. The fourth-order valence-electron chi connectivity index (χ4n) is 5.00. The van der Waals surface area contributed by atoms with Crippen LogP contribution < -0.4 is 0 Å². The van der Waals surface area contributed by atoms with Crippen LogP contribution in [-0.4, -0.2) is 44.4 Å². The Balaban J connectivity index is 1.68. The van der Waals surface area contributed by atoms with Gasteiger partial charge in [0.2, 0.25) is 5.89 Å². The summed E-state index contributed by atoms with van der Waals surface area (Å²) in [4.78, 5) is 36.6. The summed E-state index contributed by atoms with van der Waals surface area (Å²) in [5.41, 5.74) is 5.32. The summed E-state index contributed by atoms with van der Waals surface area (Å²) in [6.45, 7) is 0. The molecule has 0 aliphatic carbocycles. The van der Waals surface area contributed by atoms with Gasteiger partial charge in [-0.2, -0.15) is 0 Å². The Bertz CT molecular complexity index is 2070. The van der Waals surface area contributed by atoms with E-state index >= 15 is 0 Å². The summed E-state index contributed by atoms with van der Waals surface area (Å²) in [7, 11) is 0. The van der Waals surface area contributed by atoms with Gasteiger partial charge in [-0.3, -0.25) is 9.55 Å². The van der Waals surface area contributed by atoms with Gasteiger partial charge in [-0.25, -0.2) is 29.9 Å². The zero-order chi connectivity index (χ0) is 27.2. The van der Waals surface area contributed by atoms with Crippen LogP contribution in [0, 0.1) is 0 Å². The summed E-state index contributed by atoms with van der Waals surface area (Å²) in [6.07, 6.45) is 13.7. The summed E-state index contributed by atoms with van der Waals surface area (Å²) >= 11 is 3.11. The Labute approximate surface area is 240 Å². The molecule has 7 heterocycles. The first-order chi connectivity index (χ1) is 20.4. The van der Waals surface area contributed by atoms with Gasteiger partial charge in [-0.15, -0.1) is 22.7 Å². The number of nitrogens with zero attached hydrogens (tertiary/aromatic N) is 8. The number of nitrogens with one attached hydrogen (secondary N) is 1. The van der Waals surface area contributed by atoms with Crippen molar-refractivity contribution in [3.8, 4) is 61.3 Å². The maximum Gasteiger partial charge on any atom is 0.228 e. The molecule has 8 rings (SSSR count). The number of hydrogen-bond acceptors (Lipinski definition) is 10. The van der Waals surface area contributed by atoms with E-state index in [4.69, 9.17) is 24.4 Å². The second kappa shape index (κ2) is 9.70. The van der Waals surface area contributed by atoms with Gasteiger partial charge in [0, 0.05) is 59.3 Å². The highest BCUT2D eigenvalue weighted by Crippen LogP contribution is 2.51. The number of H-pyrrole nitrogens is 1. The predicted molar refractivity (Wildman–Crippen MR) is 157 cm³/mol. The van der Waals surface area contributed by atoms with Crippen molar-refractivity contribution < 1.29 is 4.42 Å². The van der Waals surface area contributed by atoms with E-state index in [9.17, 15) is 0 Å². The first kappa shape index (κ1) is 23.5. The minimum Gasteiger partial charge on any atom is -0.444 e. The molecule has 0 unspecified atom stereocenters. The highest BCUT2D eigenvalue weighted by Gasteiger charge is 2.33. The largest absolute Gasteiger partial charge is 0.444 e. The van der Waals surface area contributed by atoms with Gasteiger partial charge in [-0.1, -0.05) is 6.07 Å². The number of thiophene rings is 1. The minimum absolute atomic E-state index is 0.429. The van der Waals surface area contributed by atoms with Crippen LogP contribution >= 0.6 is 22.7 Å². The molecule has 0 atom stereocenters. The molecule has 0 spiro atoms. The molecule has 0 bridgehead atoms. The number of aromatic amines is 1. The standard InChI is InChI=1S/C29H17N9OS2/c1-2-7-30-17(5-1)19-20(25-33-10-11-34-25)21(29-36-13-16-41-29)22(28-35-12-14-39-28)24-23(19)37-27(26-31-8-4-9-32-26)38(24)18-6-3-15-40-18/h1-16H,(H,33,34). The van der Waals surface area contributed by atoms with Crippen molar-refractivity contribution in [1.82, 2.24) is 44.4 Å². The highest BCUT2D eigenvalue weighted by molar-refractivity contribution is 7.13. The maximum atomic E-state index is 6.02. The minimum atomic E-state index is 0.429. The SMILES string of the molecule is c1ccc(-c2c(-c3ncc[nH]3)c(-c3nccs3)c(-c3ncco3)c3c2nc(-c2ncccn2)n3-c2cccs2)nc1. The first-order valence-corrected chi connectivity index (χ1v) is 14.3. The van der Waals surface area contributed by atoms with Gasteiger partial charge in [0.25, 0.3) is 0 Å². The Kier molecular flexibility index (Phi) is 5.57. The normalized spacial score (nSPS) is 11.4. The van der Waals surface area contributed by atoms with E-state index in [-0.39, 0.29) is 0 Å². The number of oxazole rings is 1. The first-order valence-electron chi connectivity index (χ1n) is 12.5. The second-order valence-electron chi connectivity index (χ2n) is 8.82. The molecule has 0 radical (unpaired) electrons. The fraction of sp³-hybridized carbons (Fsp3) is 0. The smallest absolute Gasteiger partial charge is 0.228 e. The predicted octanol–water partition coefficient (Wildman–Crippen LogP) is 6.77.